The molecule has 33 heavy (non-hydrogen) atoms. The highest BCUT2D eigenvalue weighted by Gasteiger charge is 2.21. The Morgan fingerprint density at radius 3 is 2.61 bits per heavy atom. The third-order valence-corrected chi connectivity index (χ3v) is 5.14. The average Bonchev–Trinajstić information content (AvgIpc) is 3.46. The van der Waals surface area contributed by atoms with Gasteiger partial charge in [-0.3, -0.25) is 4.79 Å². The largest absolute Gasteiger partial charge is 0.497 e. The van der Waals surface area contributed by atoms with Crippen LogP contribution in [-0.2, 0) is 17.8 Å². The van der Waals surface area contributed by atoms with Crippen molar-refractivity contribution in [3.05, 3.63) is 89.8 Å². The lowest BCUT2D eigenvalue weighted by Crippen LogP contribution is -2.22. The molecule has 170 valence electrons. The summed E-state index contributed by atoms with van der Waals surface area (Å²) in [5.41, 5.74) is 2.14. The number of nitrogens with zero attached hydrogens (tertiary/aromatic N) is 2. The molecule has 2 aromatic heterocycles. The molecule has 0 unspecified atom stereocenters. The van der Waals surface area contributed by atoms with Crippen LogP contribution in [0.4, 0.5) is 4.39 Å². The molecule has 0 saturated heterocycles. The van der Waals surface area contributed by atoms with Gasteiger partial charge in [0.05, 0.1) is 31.3 Å². The fourth-order valence-corrected chi connectivity index (χ4v) is 3.39. The second-order valence-electron chi connectivity index (χ2n) is 7.37. The zero-order valence-corrected chi connectivity index (χ0v) is 18.4. The number of aromatic nitrogens is 2. The van der Waals surface area contributed by atoms with E-state index in [1.54, 1.807) is 60.5 Å². The zero-order chi connectivity index (χ0) is 23.2. The van der Waals surface area contributed by atoms with E-state index in [0.29, 0.717) is 36.0 Å². The number of methoxy groups -OCH3 is 1. The SMILES string of the molecule is COc1ccc(-n2nc(C)c(CCC(=O)NCc3ccco3)c2Oc2ccccc2F)cc1. The lowest BCUT2D eigenvalue weighted by atomic mass is 10.1. The molecule has 0 aliphatic heterocycles. The molecule has 0 atom stereocenters. The number of nitrogens with one attached hydrogen (secondary N) is 1. The van der Waals surface area contributed by atoms with Crippen LogP contribution in [0.1, 0.15) is 23.4 Å². The minimum atomic E-state index is -0.486. The molecule has 0 spiro atoms. The number of carbonyl (C=O) groups is 1. The molecular formula is C25H24FN3O4. The van der Waals surface area contributed by atoms with E-state index < -0.39 is 5.82 Å². The van der Waals surface area contributed by atoms with E-state index in [4.69, 9.17) is 13.9 Å². The summed E-state index contributed by atoms with van der Waals surface area (Å²) in [4.78, 5) is 12.4. The molecule has 2 aromatic carbocycles. The standard InChI is InChI=1S/C25H24FN3O4/c1-17-21(13-14-24(30)27-16-20-6-5-15-32-20)25(33-23-8-4-3-7-22(23)26)29(28-17)18-9-11-19(31-2)12-10-18/h3-12,15H,13-14,16H2,1-2H3,(H,27,30). The van der Waals surface area contributed by atoms with Gasteiger partial charge >= 0.3 is 0 Å². The minimum absolute atomic E-state index is 0.0793. The number of rotatable bonds is 9. The number of para-hydroxylation sites is 1. The van der Waals surface area contributed by atoms with Gasteiger partial charge in [-0.25, -0.2) is 9.07 Å². The third kappa shape index (κ3) is 5.23. The van der Waals surface area contributed by atoms with Gasteiger partial charge in [0.1, 0.15) is 11.5 Å². The first kappa shape index (κ1) is 22.1. The van der Waals surface area contributed by atoms with E-state index >= 15 is 0 Å². The summed E-state index contributed by atoms with van der Waals surface area (Å²) in [5.74, 6) is 1.19. The molecule has 0 bridgehead atoms. The monoisotopic (exact) mass is 449 g/mol. The Hall–Kier alpha value is -4.07. The maximum atomic E-state index is 14.4. The Kier molecular flexibility index (Phi) is 6.73. The number of amides is 1. The van der Waals surface area contributed by atoms with Crippen molar-refractivity contribution in [2.24, 2.45) is 0 Å². The lowest BCUT2D eigenvalue weighted by Gasteiger charge is -2.12. The van der Waals surface area contributed by atoms with Crippen LogP contribution in [0.3, 0.4) is 0 Å². The average molecular weight is 449 g/mol. The number of aryl methyl sites for hydroxylation is 1. The van der Waals surface area contributed by atoms with E-state index in [1.807, 2.05) is 19.1 Å². The van der Waals surface area contributed by atoms with Crippen molar-refractivity contribution in [3.8, 4) is 23.1 Å². The summed E-state index contributed by atoms with van der Waals surface area (Å²) in [6.07, 6.45) is 2.14. The van der Waals surface area contributed by atoms with Gasteiger partial charge in [-0.05, 0) is 61.9 Å². The molecule has 0 radical (unpaired) electrons. The Morgan fingerprint density at radius 2 is 1.91 bits per heavy atom. The Labute approximate surface area is 190 Å². The number of hydrogen-bond acceptors (Lipinski definition) is 5. The molecule has 8 heteroatoms. The van der Waals surface area contributed by atoms with Crippen LogP contribution in [0.15, 0.2) is 71.3 Å². The predicted octanol–water partition coefficient (Wildman–Crippen LogP) is 4.96. The minimum Gasteiger partial charge on any atom is -0.497 e. The first-order valence-electron chi connectivity index (χ1n) is 10.5. The van der Waals surface area contributed by atoms with E-state index in [1.165, 1.54) is 6.07 Å². The maximum absolute atomic E-state index is 14.4. The van der Waals surface area contributed by atoms with Crippen LogP contribution < -0.4 is 14.8 Å². The van der Waals surface area contributed by atoms with Crippen molar-refractivity contribution in [1.29, 1.82) is 0 Å². The number of benzene rings is 2. The molecule has 0 aliphatic rings. The van der Waals surface area contributed by atoms with E-state index in [-0.39, 0.29) is 18.1 Å². The molecule has 7 nitrogen and oxygen atoms in total. The van der Waals surface area contributed by atoms with E-state index in [2.05, 4.69) is 10.4 Å². The molecule has 0 fully saturated rings. The topological polar surface area (TPSA) is 78.5 Å². The number of carbonyl (C=O) groups excluding carboxylic acids is 1. The van der Waals surface area contributed by atoms with Crippen molar-refractivity contribution in [2.75, 3.05) is 7.11 Å². The maximum Gasteiger partial charge on any atom is 0.226 e. The van der Waals surface area contributed by atoms with Crippen molar-refractivity contribution in [1.82, 2.24) is 15.1 Å². The van der Waals surface area contributed by atoms with Crippen LogP contribution in [0, 0.1) is 12.7 Å². The van der Waals surface area contributed by atoms with E-state index in [9.17, 15) is 9.18 Å². The molecule has 4 aromatic rings. The van der Waals surface area contributed by atoms with Gasteiger partial charge in [-0.15, -0.1) is 0 Å². The highest BCUT2D eigenvalue weighted by atomic mass is 19.1. The van der Waals surface area contributed by atoms with Crippen LogP contribution in [0.25, 0.3) is 5.69 Å². The second kappa shape index (κ2) is 10.0. The van der Waals surface area contributed by atoms with Crippen LogP contribution in [0.2, 0.25) is 0 Å². The highest BCUT2D eigenvalue weighted by molar-refractivity contribution is 5.76. The van der Waals surface area contributed by atoms with Crippen molar-refractivity contribution < 1.29 is 23.1 Å². The number of furan rings is 1. The summed E-state index contributed by atoms with van der Waals surface area (Å²) in [7, 11) is 1.59. The van der Waals surface area contributed by atoms with Gasteiger partial charge in [-0.2, -0.15) is 5.10 Å². The van der Waals surface area contributed by atoms with Gasteiger partial charge in [-0.1, -0.05) is 12.1 Å². The fraction of sp³-hybridized carbons (Fsp3) is 0.200. The summed E-state index contributed by atoms with van der Waals surface area (Å²) in [6.45, 7) is 2.15. The van der Waals surface area contributed by atoms with E-state index in [0.717, 1.165) is 11.3 Å². The zero-order valence-electron chi connectivity index (χ0n) is 18.4. The molecule has 0 aliphatic carbocycles. The second-order valence-corrected chi connectivity index (χ2v) is 7.37. The van der Waals surface area contributed by atoms with Crippen LogP contribution >= 0.6 is 0 Å². The highest BCUT2D eigenvalue weighted by Crippen LogP contribution is 2.33. The predicted molar refractivity (Wildman–Crippen MR) is 120 cm³/mol. The fourth-order valence-electron chi connectivity index (χ4n) is 3.39. The molecular weight excluding hydrogens is 425 g/mol. The Bertz CT molecular complexity index is 1220. The normalized spacial score (nSPS) is 10.8. The van der Waals surface area contributed by atoms with Crippen LogP contribution in [-0.4, -0.2) is 22.8 Å². The smallest absolute Gasteiger partial charge is 0.226 e. The van der Waals surface area contributed by atoms with Gasteiger partial charge < -0.3 is 19.2 Å². The van der Waals surface area contributed by atoms with Gasteiger partial charge in [0.2, 0.25) is 11.8 Å². The summed E-state index contributed by atoms with van der Waals surface area (Å²) < 4.78 is 32.4. The molecule has 0 saturated carbocycles. The summed E-state index contributed by atoms with van der Waals surface area (Å²) in [5, 5.41) is 7.44. The summed E-state index contributed by atoms with van der Waals surface area (Å²) in [6, 6.07) is 17.0. The Morgan fingerprint density at radius 1 is 1.12 bits per heavy atom. The number of halogens is 1. The van der Waals surface area contributed by atoms with Crippen molar-refractivity contribution in [3.63, 3.8) is 0 Å². The van der Waals surface area contributed by atoms with Gasteiger partial charge in [0.15, 0.2) is 11.6 Å². The number of hydrogen-bond donors (Lipinski definition) is 1. The first-order valence-corrected chi connectivity index (χ1v) is 10.5. The molecule has 1 N–H and O–H groups in total. The van der Waals surface area contributed by atoms with Crippen molar-refractivity contribution >= 4 is 5.91 Å². The first-order chi connectivity index (χ1) is 16.0. The van der Waals surface area contributed by atoms with Crippen LogP contribution in [0.5, 0.6) is 17.4 Å². The third-order valence-electron chi connectivity index (χ3n) is 5.14. The van der Waals surface area contributed by atoms with Crippen molar-refractivity contribution in [2.45, 2.75) is 26.3 Å². The molecule has 4 rings (SSSR count). The molecule has 2 heterocycles. The van der Waals surface area contributed by atoms with Gasteiger partial charge in [0, 0.05) is 12.0 Å². The quantitative estimate of drug-likeness (QED) is 0.391. The Balaban J connectivity index is 1.60. The number of ether oxygens (including phenoxy) is 2. The summed E-state index contributed by atoms with van der Waals surface area (Å²) >= 11 is 0. The van der Waals surface area contributed by atoms with Gasteiger partial charge in [0.25, 0.3) is 0 Å². The molecule has 1 amide bonds. The lowest BCUT2D eigenvalue weighted by molar-refractivity contribution is -0.121.